The van der Waals surface area contributed by atoms with Gasteiger partial charge in [-0.3, -0.25) is 4.79 Å². The van der Waals surface area contributed by atoms with Gasteiger partial charge in [0, 0.05) is 0 Å². The summed E-state index contributed by atoms with van der Waals surface area (Å²) < 4.78 is 17.6. The smallest absolute Gasteiger partial charge is 0.197 e. The van der Waals surface area contributed by atoms with Crippen LogP contribution in [0.2, 0.25) is 0 Å². The molecule has 1 heterocycles. The van der Waals surface area contributed by atoms with Gasteiger partial charge in [-0.05, 0) is 24.6 Å². The summed E-state index contributed by atoms with van der Waals surface area (Å²) in [6.07, 6.45) is 0. The Hall–Kier alpha value is -0.420. The average molecular weight is 338 g/mol. The molecule has 5 heteroatoms. The standard InChI is InChI=1S/C10H7Br2FO2/c1-5-2-6(13)3-7-8(5)15-4-10(11,12)9(7)14/h2-3H,4H2,1H3. The number of benzene rings is 1. The summed E-state index contributed by atoms with van der Waals surface area (Å²) in [6.45, 7) is 1.90. The maximum absolute atomic E-state index is 13.1. The van der Waals surface area contributed by atoms with Crippen LogP contribution in [0.3, 0.4) is 0 Å². The molecule has 0 saturated carbocycles. The van der Waals surface area contributed by atoms with E-state index in [1.165, 1.54) is 12.1 Å². The number of carbonyl (C=O) groups excluding carboxylic acids is 1. The molecule has 0 radical (unpaired) electrons. The predicted octanol–water partition coefficient (Wildman–Crippen LogP) is 3.20. The second-order valence-corrected chi connectivity index (χ2v) is 7.19. The fraction of sp³-hybridized carbons (Fsp3) is 0.300. The van der Waals surface area contributed by atoms with E-state index in [-0.39, 0.29) is 18.0 Å². The van der Waals surface area contributed by atoms with Crippen LogP contribution in [0, 0.1) is 12.7 Å². The minimum absolute atomic E-state index is 0.186. The average Bonchev–Trinajstić information content (AvgIpc) is 2.12. The van der Waals surface area contributed by atoms with Gasteiger partial charge in [-0.25, -0.2) is 4.39 Å². The SMILES string of the molecule is Cc1cc(F)cc2c1OCC(Br)(Br)C2=O. The van der Waals surface area contributed by atoms with Gasteiger partial charge in [0.05, 0.1) is 5.56 Å². The van der Waals surface area contributed by atoms with E-state index in [4.69, 9.17) is 4.74 Å². The van der Waals surface area contributed by atoms with E-state index in [2.05, 4.69) is 31.9 Å². The molecule has 0 bridgehead atoms. The van der Waals surface area contributed by atoms with Crippen LogP contribution in [0.25, 0.3) is 0 Å². The number of alkyl halides is 2. The van der Waals surface area contributed by atoms with Crippen molar-refractivity contribution in [3.63, 3.8) is 0 Å². The van der Waals surface area contributed by atoms with Crippen molar-refractivity contribution < 1.29 is 13.9 Å². The molecule has 0 aliphatic carbocycles. The molecule has 0 atom stereocenters. The van der Waals surface area contributed by atoms with Crippen LogP contribution < -0.4 is 4.74 Å². The van der Waals surface area contributed by atoms with Gasteiger partial charge in [-0.15, -0.1) is 0 Å². The molecule has 2 rings (SSSR count). The van der Waals surface area contributed by atoms with E-state index in [1.807, 2.05) is 0 Å². The molecule has 0 unspecified atom stereocenters. The molecule has 1 aromatic carbocycles. The Bertz CT molecular complexity index is 443. The fourth-order valence-electron chi connectivity index (χ4n) is 1.52. The molecule has 0 N–H and O–H groups in total. The zero-order valence-electron chi connectivity index (χ0n) is 7.81. The first-order chi connectivity index (χ1) is 6.92. The summed E-state index contributed by atoms with van der Waals surface area (Å²) in [6, 6.07) is 2.54. The minimum Gasteiger partial charge on any atom is -0.490 e. The van der Waals surface area contributed by atoms with Crippen molar-refractivity contribution in [2.45, 2.75) is 10.2 Å². The molecule has 0 fully saturated rings. The van der Waals surface area contributed by atoms with Gasteiger partial charge in [0.15, 0.2) is 9.02 Å². The molecule has 0 amide bonds. The van der Waals surface area contributed by atoms with Gasteiger partial charge in [0.1, 0.15) is 18.2 Å². The molecule has 15 heavy (non-hydrogen) atoms. The van der Waals surface area contributed by atoms with Gasteiger partial charge in [-0.1, -0.05) is 31.9 Å². The van der Waals surface area contributed by atoms with E-state index in [9.17, 15) is 9.18 Å². The number of Topliss-reactive ketones (excluding diaryl/α,β-unsaturated/α-hetero) is 1. The summed E-state index contributed by atoms with van der Waals surface area (Å²) in [4.78, 5) is 11.9. The number of fused-ring (bicyclic) bond motifs is 1. The lowest BCUT2D eigenvalue weighted by Gasteiger charge is -2.27. The Labute approximate surface area is 103 Å². The van der Waals surface area contributed by atoms with Gasteiger partial charge in [0.25, 0.3) is 0 Å². The van der Waals surface area contributed by atoms with Crippen molar-refractivity contribution >= 4 is 37.6 Å². The van der Waals surface area contributed by atoms with Crippen molar-refractivity contribution in [2.24, 2.45) is 0 Å². The first kappa shape index (κ1) is 11.1. The van der Waals surface area contributed by atoms with Crippen LogP contribution in [-0.2, 0) is 0 Å². The van der Waals surface area contributed by atoms with Crippen LogP contribution in [0.4, 0.5) is 4.39 Å². The third-order valence-electron chi connectivity index (χ3n) is 2.21. The lowest BCUT2D eigenvalue weighted by molar-refractivity contribution is 0.0932. The zero-order chi connectivity index (χ0) is 11.2. The monoisotopic (exact) mass is 336 g/mol. The zero-order valence-corrected chi connectivity index (χ0v) is 11.0. The fourth-order valence-corrected chi connectivity index (χ4v) is 2.17. The summed E-state index contributed by atoms with van der Waals surface area (Å²) >= 11 is 6.39. The second-order valence-electron chi connectivity index (χ2n) is 3.42. The molecule has 1 aliphatic heterocycles. The normalized spacial score (nSPS) is 18.3. The van der Waals surface area contributed by atoms with Crippen molar-refractivity contribution in [2.75, 3.05) is 6.61 Å². The van der Waals surface area contributed by atoms with Crippen molar-refractivity contribution in [1.82, 2.24) is 0 Å². The molecule has 1 aliphatic rings. The number of ether oxygens (including phenoxy) is 1. The summed E-state index contributed by atoms with van der Waals surface area (Å²) in [7, 11) is 0. The lowest BCUT2D eigenvalue weighted by Crippen LogP contribution is -2.37. The van der Waals surface area contributed by atoms with E-state index in [0.717, 1.165) is 0 Å². The van der Waals surface area contributed by atoms with Gasteiger partial charge >= 0.3 is 0 Å². The maximum Gasteiger partial charge on any atom is 0.197 e. The van der Waals surface area contributed by atoms with E-state index in [1.54, 1.807) is 6.92 Å². The number of carbonyl (C=O) groups is 1. The van der Waals surface area contributed by atoms with Crippen LogP contribution >= 0.6 is 31.9 Å². The largest absolute Gasteiger partial charge is 0.490 e. The highest BCUT2D eigenvalue weighted by molar-refractivity contribution is 9.26. The van der Waals surface area contributed by atoms with Crippen molar-refractivity contribution in [3.05, 3.63) is 29.1 Å². The Morgan fingerprint density at radius 2 is 2.13 bits per heavy atom. The van der Waals surface area contributed by atoms with Crippen LogP contribution in [0.1, 0.15) is 15.9 Å². The summed E-state index contributed by atoms with van der Waals surface area (Å²) in [5.74, 6) is -0.178. The van der Waals surface area contributed by atoms with Gasteiger partial charge in [-0.2, -0.15) is 0 Å². The molecule has 1 aromatic rings. The molecular formula is C10H7Br2FO2. The van der Waals surface area contributed by atoms with Crippen LogP contribution in [0.15, 0.2) is 12.1 Å². The molecule has 0 aromatic heterocycles. The first-order valence-corrected chi connectivity index (χ1v) is 5.86. The van der Waals surface area contributed by atoms with E-state index < -0.39 is 9.05 Å². The number of hydrogen-bond acceptors (Lipinski definition) is 2. The summed E-state index contributed by atoms with van der Waals surface area (Å²) in [5.41, 5.74) is 0.904. The molecule has 0 spiro atoms. The number of aryl methyl sites for hydroxylation is 1. The second kappa shape index (κ2) is 3.56. The van der Waals surface area contributed by atoms with E-state index in [0.29, 0.717) is 11.3 Å². The van der Waals surface area contributed by atoms with Crippen molar-refractivity contribution in [1.29, 1.82) is 0 Å². The molecule has 80 valence electrons. The van der Waals surface area contributed by atoms with Crippen molar-refractivity contribution in [3.8, 4) is 5.75 Å². The number of rotatable bonds is 0. The molecular weight excluding hydrogens is 331 g/mol. The van der Waals surface area contributed by atoms with E-state index >= 15 is 0 Å². The topological polar surface area (TPSA) is 26.3 Å². The first-order valence-electron chi connectivity index (χ1n) is 4.27. The van der Waals surface area contributed by atoms with Gasteiger partial charge < -0.3 is 4.74 Å². The Morgan fingerprint density at radius 1 is 1.47 bits per heavy atom. The number of halogens is 3. The Balaban J connectivity index is 2.62. The molecule has 2 nitrogen and oxygen atoms in total. The molecule has 0 saturated heterocycles. The summed E-state index contributed by atoms with van der Waals surface area (Å²) in [5, 5.41) is 0. The van der Waals surface area contributed by atoms with Gasteiger partial charge in [0.2, 0.25) is 0 Å². The highest BCUT2D eigenvalue weighted by Gasteiger charge is 2.40. The Morgan fingerprint density at radius 3 is 2.80 bits per heavy atom. The minimum atomic E-state index is -0.937. The van der Waals surface area contributed by atoms with Crippen LogP contribution in [0.5, 0.6) is 5.75 Å². The number of hydrogen-bond donors (Lipinski definition) is 0. The third kappa shape index (κ3) is 1.83. The highest BCUT2D eigenvalue weighted by Crippen LogP contribution is 2.40. The lowest BCUT2D eigenvalue weighted by atomic mass is 10.0. The third-order valence-corrected chi connectivity index (χ3v) is 3.39. The number of ketones is 1. The Kier molecular flexibility index (Phi) is 2.63. The predicted molar refractivity (Wildman–Crippen MR) is 61.5 cm³/mol. The maximum atomic E-state index is 13.1. The highest BCUT2D eigenvalue weighted by atomic mass is 79.9. The van der Waals surface area contributed by atoms with Crippen LogP contribution in [-0.4, -0.2) is 15.6 Å². The quantitative estimate of drug-likeness (QED) is 0.679.